The quantitative estimate of drug-likeness (QED) is 0.409. The molecule has 0 aliphatic rings. The molecule has 0 bridgehead atoms. The standard InChI is InChI=1S/C23H20F4N4O/c1-13-18-8-14(5-6-22(18)31-30-13)15-7-17(11-29-10-15)32-12-16(28)9-19-20(23(25,26)27)3-2-4-21(19)24/h2-8,10-11,16H,9,12,28H2,1H3,(H,30,31)/t16-/m0/s1. The molecule has 5 nitrogen and oxygen atoms in total. The van der Waals surface area contributed by atoms with Gasteiger partial charge in [0.05, 0.1) is 17.3 Å². The Morgan fingerprint density at radius 1 is 1.09 bits per heavy atom. The summed E-state index contributed by atoms with van der Waals surface area (Å²) in [6.45, 7) is 1.83. The molecule has 0 aliphatic carbocycles. The summed E-state index contributed by atoms with van der Waals surface area (Å²) in [5, 5.41) is 8.13. The maximum absolute atomic E-state index is 14.0. The van der Waals surface area contributed by atoms with Crippen molar-refractivity contribution in [3.63, 3.8) is 0 Å². The van der Waals surface area contributed by atoms with Gasteiger partial charge in [-0.25, -0.2) is 4.39 Å². The van der Waals surface area contributed by atoms with Gasteiger partial charge in [-0.3, -0.25) is 10.1 Å². The van der Waals surface area contributed by atoms with Gasteiger partial charge in [0.2, 0.25) is 0 Å². The largest absolute Gasteiger partial charge is 0.490 e. The number of H-pyrrole nitrogens is 1. The number of aryl methyl sites for hydroxylation is 1. The van der Waals surface area contributed by atoms with E-state index in [1.807, 2.05) is 25.1 Å². The van der Waals surface area contributed by atoms with E-state index < -0.39 is 29.2 Å². The molecule has 1 atom stereocenters. The number of rotatable bonds is 6. The maximum Gasteiger partial charge on any atom is 0.416 e. The van der Waals surface area contributed by atoms with Crippen molar-refractivity contribution in [1.82, 2.24) is 15.2 Å². The molecule has 9 heteroatoms. The van der Waals surface area contributed by atoms with Crippen LogP contribution in [0.3, 0.4) is 0 Å². The molecule has 2 heterocycles. The predicted molar refractivity (Wildman–Crippen MR) is 113 cm³/mol. The fourth-order valence-corrected chi connectivity index (χ4v) is 3.53. The molecule has 0 spiro atoms. The molecular formula is C23H20F4N4O. The van der Waals surface area contributed by atoms with E-state index in [2.05, 4.69) is 15.2 Å². The summed E-state index contributed by atoms with van der Waals surface area (Å²) in [6.07, 6.45) is -1.81. The van der Waals surface area contributed by atoms with Crippen molar-refractivity contribution >= 4 is 10.9 Å². The smallest absolute Gasteiger partial charge is 0.416 e. The van der Waals surface area contributed by atoms with Crippen molar-refractivity contribution in [1.29, 1.82) is 0 Å². The zero-order valence-corrected chi connectivity index (χ0v) is 17.1. The Balaban J connectivity index is 1.47. The molecule has 3 N–H and O–H groups in total. The number of pyridine rings is 1. The Bertz CT molecular complexity index is 1250. The van der Waals surface area contributed by atoms with Gasteiger partial charge in [0, 0.05) is 34.4 Å². The second kappa shape index (κ2) is 8.58. The molecule has 2 aromatic carbocycles. The number of hydrogen-bond donors (Lipinski definition) is 2. The summed E-state index contributed by atoms with van der Waals surface area (Å²) in [5.41, 5.74) is 7.97. The van der Waals surface area contributed by atoms with Gasteiger partial charge in [0.25, 0.3) is 0 Å². The molecule has 4 aromatic rings. The van der Waals surface area contributed by atoms with Crippen molar-refractivity contribution in [2.24, 2.45) is 5.73 Å². The van der Waals surface area contributed by atoms with Crippen LogP contribution in [-0.2, 0) is 12.6 Å². The van der Waals surface area contributed by atoms with Crippen LogP contribution in [0.25, 0.3) is 22.0 Å². The molecule has 0 amide bonds. The first-order chi connectivity index (χ1) is 15.2. The number of ether oxygens (including phenoxy) is 1. The highest BCUT2D eigenvalue weighted by molar-refractivity contribution is 5.86. The highest BCUT2D eigenvalue weighted by Gasteiger charge is 2.34. The normalized spacial score (nSPS) is 12.8. The van der Waals surface area contributed by atoms with Gasteiger partial charge in [-0.05, 0) is 49.2 Å². The number of aromatic nitrogens is 3. The summed E-state index contributed by atoms with van der Waals surface area (Å²) >= 11 is 0. The van der Waals surface area contributed by atoms with Gasteiger partial charge in [-0.2, -0.15) is 18.3 Å². The van der Waals surface area contributed by atoms with Gasteiger partial charge in [-0.15, -0.1) is 0 Å². The second-order valence-corrected chi connectivity index (χ2v) is 7.53. The third-order valence-corrected chi connectivity index (χ3v) is 5.15. The van der Waals surface area contributed by atoms with Crippen LogP contribution < -0.4 is 10.5 Å². The van der Waals surface area contributed by atoms with Crippen LogP contribution in [0, 0.1) is 12.7 Å². The van der Waals surface area contributed by atoms with E-state index in [1.165, 1.54) is 6.20 Å². The molecule has 0 radical (unpaired) electrons. The first kappa shape index (κ1) is 21.8. The van der Waals surface area contributed by atoms with Crippen molar-refractivity contribution in [3.05, 3.63) is 77.5 Å². The van der Waals surface area contributed by atoms with Gasteiger partial charge in [0.15, 0.2) is 0 Å². The van der Waals surface area contributed by atoms with Gasteiger partial charge < -0.3 is 10.5 Å². The summed E-state index contributed by atoms with van der Waals surface area (Å²) in [4.78, 5) is 4.18. The molecule has 0 fully saturated rings. The molecule has 32 heavy (non-hydrogen) atoms. The number of nitrogens with two attached hydrogens (primary N) is 1. The third kappa shape index (κ3) is 4.57. The predicted octanol–water partition coefficient (Wildman–Crippen LogP) is 5.04. The van der Waals surface area contributed by atoms with Crippen molar-refractivity contribution in [2.45, 2.75) is 25.6 Å². The number of alkyl halides is 3. The Morgan fingerprint density at radius 2 is 1.91 bits per heavy atom. The van der Waals surface area contributed by atoms with Crippen LogP contribution in [-0.4, -0.2) is 27.8 Å². The molecule has 0 unspecified atom stereocenters. The highest BCUT2D eigenvalue weighted by atomic mass is 19.4. The first-order valence-electron chi connectivity index (χ1n) is 9.85. The Hall–Kier alpha value is -3.46. The lowest BCUT2D eigenvalue weighted by atomic mass is 10.00. The van der Waals surface area contributed by atoms with E-state index in [0.717, 1.165) is 45.9 Å². The fraction of sp³-hybridized carbons (Fsp3) is 0.217. The summed E-state index contributed by atoms with van der Waals surface area (Å²) in [5.74, 6) is -0.532. The molecular weight excluding hydrogens is 424 g/mol. The SMILES string of the molecule is Cc1[nH]nc2ccc(-c3cncc(OC[C@@H](N)Cc4c(F)cccc4C(F)(F)F)c3)cc12. The number of nitrogens with zero attached hydrogens (tertiary/aromatic N) is 2. The highest BCUT2D eigenvalue weighted by Crippen LogP contribution is 2.33. The summed E-state index contributed by atoms with van der Waals surface area (Å²) in [7, 11) is 0. The second-order valence-electron chi connectivity index (χ2n) is 7.53. The van der Waals surface area contributed by atoms with E-state index >= 15 is 0 Å². The minimum absolute atomic E-state index is 0.101. The fourth-order valence-electron chi connectivity index (χ4n) is 3.53. The average Bonchev–Trinajstić information content (AvgIpc) is 3.13. The first-order valence-corrected chi connectivity index (χ1v) is 9.85. The van der Waals surface area contributed by atoms with Crippen molar-refractivity contribution < 1.29 is 22.3 Å². The van der Waals surface area contributed by atoms with Crippen LogP contribution in [0.2, 0.25) is 0 Å². The number of aromatic amines is 1. The minimum Gasteiger partial charge on any atom is -0.490 e. The van der Waals surface area contributed by atoms with Gasteiger partial charge in [0.1, 0.15) is 18.2 Å². The summed E-state index contributed by atoms with van der Waals surface area (Å²) < 4.78 is 59.3. The van der Waals surface area contributed by atoms with Gasteiger partial charge in [-0.1, -0.05) is 12.1 Å². The zero-order valence-electron chi connectivity index (χ0n) is 17.1. The number of fused-ring (bicyclic) bond motifs is 1. The molecule has 0 saturated carbocycles. The maximum atomic E-state index is 14.0. The van der Waals surface area contributed by atoms with Crippen molar-refractivity contribution in [2.75, 3.05) is 6.61 Å². The lowest BCUT2D eigenvalue weighted by molar-refractivity contribution is -0.138. The zero-order chi connectivity index (χ0) is 22.9. The van der Waals surface area contributed by atoms with Crippen LogP contribution in [0.1, 0.15) is 16.8 Å². The Kier molecular flexibility index (Phi) is 5.84. The van der Waals surface area contributed by atoms with Crippen molar-refractivity contribution in [3.8, 4) is 16.9 Å². The number of hydrogen-bond acceptors (Lipinski definition) is 4. The minimum atomic E-state index is -4.66. The topological polar surface area (TPSA) is 76.8 Å². The number of benzene rings is 2. The monoisotopic (exact) mass is 444 g/mol. The van der Waals surface area contributed by atoms with E-state index in [4.69, 9.17) is 10.5 Å². The third-order valence-electron chi connectivity index (χ3n) is 5.15. The number of nitrogens with one attached hydrogen (secondary N) is 1. The van der Waals surface area contributed by atoms with E-state index in [1.54, 1.807) is 12.3 Å². The number of halogens is 4. The van der Waals surface area contributed by atoms with Crippen LogP contribution >= 0.6 is 0 Å². The lowest BCUT2D eigenvalue weighted by Crippen LogP contribution is -2.31. The molecule has 0 aliphatic heterocycles. The Labute approximate surface area is 181 Å². The van der Waals surface area contributed by atoms with Crippen LogP contribution in [0.5, 0.6) is 5.75 Å². The molecule has 166 valence electrons. The van der Waals surface area contributed by atoms with Crippen LogP contribution in [0.4, 0.5) is 17.6 Å². The molecule has 4 rings (SSSR count). The summed E-state index contributed by atoms with van der Waals surface area (Å²) in [6, 6.07) is 9.57. The average molecular weight is 444 g/mol. The van der Waals surface area contributed by atoms with Gasteiger partial charge >= 0.3 is 6.18 Å². The van der Waals surface area contributed by atoms with Crippen LogP contribution in [0.15, 0.2) is 54.9 Å². The Morgan fingerprint density at radius 3 is 2.69 bits per heavy atom. The van der Waals surface area contributed by atoms with E-state index in [9.17, 15) is 17.6 Å². The van der Waals surface area contributed by atoms with E-state index in [-0.39, 0.29) is 13.0 Å². The lowest BCUT2D eigenvalue weighted by Gasteiger charge is -2.18. The molecule has 0 saturated heterocycles. The molecule has 2 aromatic heterocycles. The van der Waals surface area contributed by atoms with E-state index in [0.29, 0.717) is 5.75 Å².